The highest BCUT2D eigenvalue weighted by Crippen LogP contribution is 2.39. The van der Waals surface area contributed by atoms with Crippen molar-refractivity contribution in [1.82, 2.24) is 9.88 Å². The van der Waals surface area contributed by atoms with E-state index in [1.165, 1.54) is 12.1 Å². The van der Waals surface area contributed by atoms with E-state index in [1.54, 1.807) is 36.5 Å². The second-order valence-corrected chi connectivity index (χ2v) is 9.39. The van der Waals surface area contributed by atoms with Crippen molar-refractivity contribution >= 4 is 17.3 Å². The smallest absolute Gasteiger partial charge is 0.123 e. The fourth-order valence-corrected chi connectivity index (χ4v) is 4.98. The largest absolute Gasteiger partial charge is 0.491 e. The number of ether oxygens (including phenoxy) is 1. The van der Waals surface area contributed by atoms with Crippen LogP contribution in [-0.2, 0) is 6.61 Å². The van der Waals surface area contributed by atoms with E-state index in [0.717, 1.165) is 11.3 Å². The highest BCUT2D eigenvalue weighted by atomic mass is 35.5. The Balaban J connectivity index is 1.59. The Kier molecular flexibility index (Phi) is 8.77. The normalized spacial score (nSPS) is 19.3. The molecule has 1 aliphatic rings. The zero-order valence-corrected chi connectivity index (χ0v) is 20.9. The van der Waals surface area contributed by atoms with Crippen LogP contribution in [0.3, 0.4) is 0 Å². The first-order valence-corrected chi connectivity index (χ1v) is 12.3. The number of benzene rings is 2. The van der Waals surface area contributed by atoms with Crippen LogP contribution >= 0.6 is 11.6 Å². The fourth-order valence-electron chi connectivity index (χ4n) is 4.71. The molecule has 3 aromatic rings. The van der Waals surface area contributed by atoms with E-state index in [-0.39, 0.29) is 37.7 Å². The first-order chi connectivity index (χ1) is 17.4. The minimum absolute atomic E-state index is 0.0256. The van der Waals surface area contributed by atoms with E-state index < -0.39 is 6.10 Å². The third-order valence-corrected chi connectivity index (χ3v) is 6.70. The summed E-state index contributed by atoms with van der Waals surface area (Å²) in [5.41, 5.74) is 3.00. The minimum atomic E-state index is -0.746. The second-order valence-electron chi connectivity index (χ2n) is 8.98. The molecule has 0 aliphatic carbocycles. The van der Waals surface area contributed by atoms with Crippen LogP contribution < -0.4 is 9.64 Å². The maximum Gasteiger partial charge on any atom is 0.123 e. The molecule has 1 aliphatic heterocycles. The van der Waals surface area contributed by atoms with Crippen molar-refractivity contribution in [2.75, 3.05) is 37.7 Å². The molecule has 0 amide bonds. The maximum absolute atomic E-state index is 13.7. The number of piperazine rings is 1. The second kappa shape index (κ2) is 12.0. The maximum atomic E-state index is 13.7. The SMILES string of the molecule is C[C@@H]1CN(C[C@@H](O)c2ccc(CO)nc2)C[C@@H](c2ccc(F)cc2)N1c1ccc(OCCO)cc1Cl. The van der Waals surface area contributed by atoms with Crippen LogP contribution in [0.2, 0.25) is 5.02 Å². The monoisotopic (exact) mass is 515 g/mol. The molecule has 192 valence electrons. The van der Waals surface area contributed by atoms with Gasteiger partial charge in [0.1, 0.15) is 18.2 Å². The van der Waals surface area contributed by atoms with Gasteiger partial charge in [0.05, 0.1) is 41.8 Å². The molecule has 1 fully saturated rings. The van der Waals surface area contributed by atoms with Gasteiger partial charge in [-0.25, -0.2) is 4.39 Å². The van der Waals surface area contributed by atoms with Crippen LogP contribution in [0.25, 0.3) is 0 Å². The first kappa shape index (κ1) is 26.3. The molecule has 0 spiro atoms. The quantitative estimate of drug-likeness (QED) is 0.400. The number of rotatable bonds is 9. The van der Waals surface area contributed by atoms with Crippen LogP contribution in [0, 0.1) is 5.82 Å². The molecule has 3 N–H and O–H groups in total. The molecule has 7 nitrogen and oxygen atoms in total. The summed E-state index contributed by atoms with van der Waals surface area (Å²) in [5.74, 6) is 0.273. The number of halogens is 2. The summed E-state index contributed by atoms with van der Waals surface area (Å²) >= 11 is 6.69. The molecule has 9 heteroatoms. The number of β-amino-alcohol motifs (C(OH)–C–C–N with tert-alkyl or cyclic N) is 1. The van der Waals surface area contributed by atoms with Gasteiger partial charge in [-0.1, -0.05) is 29.8 Å². The Bertz CT molecular complexity index is 1130. The molecule has 2 heterocycles. The van der Waals surface area contributed by atoms with Crippen LogP contribution in [0.15, 0.2) is 60.8 Å². The number of hydrogen-bond donors (Lipinski definition) is 3. The standard InChI is InChI=1S/C27H31ClFN3O4/c1-18-14-31(16-27(35)20-4-7-22(17-34)30-13-20)15-26(19-2-5-21(29)6-3-19)32(18)25-9-8-23(12-24(25)28)36-11-10-33/h2-9,12-13,18,26-27,33-35H,10-11,14-17H2,1H3/t18-,26+,27-/m1/s1. The van der Waals surface area contributed by atoms with Crippen molar-refractivity contribution in [1.29, 1.82) is 0 Å². The Morgan fingerprint density at radius 1 is 1.11 bits per heavy atom. The molecule has 0 bridgehead atoms. The van der Waals surface area contributed by atoms with E-state index in [2.05, 4.69) is 21.7 Å². The average molecular weight is 516 g/mol. The lowest BCUT2D eigenvalue weighted by atomic mass is 9.97. The molecule has 0 unspecified atom stereocenters. The number of aliphatic hydroxyl groups excluding tert-OH is 3. The number of aromatic nitrogens is 1. The molecule has 2 aromatic carbocycles. The number of aliphatic hydroxyl groups is 3. The van der Waals surface area contributed by atoms with E-state index >= 15 is 0 Å². The summed E-state index contributed by atoms with van der Waals surface area (Å²) in [6.45, 7) is 3.72. The van der Waals surface area contributed by atoms with Gasteiger partial charge in [-0.15, -0.1) is 0 Å². The highest BCUT2D eigenvalue weighted by molar-refractivity contribution is 6.33. The number of nitrogens with zero attached hydrogens (tertiary/aromatic N) is 3. The minimum Gasteiger partial charge on any atom is -0.491 e. The topological polar surface area (TPSA) is 89.3 Å². The van der Waals surface area contributed by atoms with E-state index in [1.807, 2.05) is 12.1 Å². The van der Waals surface area contributed by atoms with E-state index in [0.29, 0.717) is 41.7 Å². The number of anilines is 1. The predicted molar refractivity (Wildman–Crippen MR) is 137 cm³/mol. The van der Waals surface area contributed by atoms with Crippen LogP contribution in [0.5, 0.6) is 5.75 Å². The molecule has 36 heavy (non-hydrogen) atoms. The van der Waals surface area contributed by atoms with Crippen LogP contribution in [-0.4, -0.2) is 64.1 Å². The molecule has 3 atom stereocenters. The molecule has 0 radical (unpaired) electrons. The van der Waals surface area contributed by atoms with Gasteiger partial charge in [-0.05, 0) is 42.8 Å². The Morgan fingerprint density at radius 3 is 2.53 bits per heavy atom. The summed E-state index contributed by atoms with van der Waals surface area (Å²) in [5, 5.41) is 29.6. The zero-order valence-electron chi connectivity index (χ0n) is 20.1. The van der Waals surface area contributed by atoms with Gasteiger partial charge in [0.25, 0.3) is 0 Å². The van der Waals surface area contributed by atoms with Crippen molar-refractivity contribution in [3.05, 3.63) is 88.5 Å². The number of hydrogen-bond acceptors (Lipinski definition) is 7. The van der Waals surface area contributed by atoms with Gasteiger partial charge in [-0.2, -0.15) is 0 Å². The van der Waals surface area contributed by atoms with Gasteiger partial charge in [0.15, 0.2) is 0 Å². The first-order valence-electron chi connectivity index (χ1n) is 11.9. The third kappa shape index (κ3) is 6.14. The fraction of sp³-hybridized carbons (Fsp3) is 0.370. The molecular formula is C27H31ClFN3O4. The Labute approximate surface area is 215 Å². The van der Waals surface area contributed by atoms with Gasteiger partial charge < -0.3 is 25.0 Å². The van der Waals surface area contributed by atoms with Crippen LogP contribution in [0.4, 0.5) is 10.1 Å². The molecule has 0 saturated carbocycles. The van der Waals surface area contributed by atoms with Gasteiger partial charge in [0.2, 0.25) is 0 Å². The van der Waals surface area contributed by atoms with Gasteiger partial charge in [-0.3, -0.25) is 9.88 Å². The number of pyridine rings is 1. The Hall–Kier alpha value is -2.75. The summed E-state index contributed by atoms with van der Waals surface area (Å²) in [4.78, 5) is 8.59. The van der Waals surface area contributed by atoms with Crippen molar-refractivity contribution < 1.29 is 24.4 Å². The molecule has 1 saturated heterocycles. The van der Waals surface area contributed by atoms with Crippen molar-refractivity contribution in [2.24, 2.45) is 0 Å². The van der Waals surface area contributed by atoms with E-state index in [9.17, 15) is 14.6 Å². The Morgan fingerprint density at radius 2 is 1.89 bits per heavy atom. The van der Waals surface area contributed by atoms with Crippen molar-refractivity contribution in [3.8, 4) is 5.75 Å². The summed E-state index contributed by atoms with van der Waals surface area (Å²) < 4.78 is 19.2. The van der Waals surface area contributed by atoms with Gasteiger partial charge in [0, 0.05) is 43.5 Å². The lowest BCUT2D eigenvalue weighted by Gasteiger charge is -2.48. The lowest BCUT2D eigenvalue weighted by molar-refractivity contribution is 0.0913. The lowest BCUT2D eigenvalue weighted by Crippen LogP contribution is -2.54. The average Bonchev–Trinajstić information content (AvgIpc) is 2.88. The molecule has 4 rings (SSSR count). The van der Waals surface area contributed by atoms with Crippen molar-refractivity contribution in [2.45, 2.75) is 31.7 Å². The van der Waals surface area contributed by atoms with Crippen molar-refractivity contribution in [3.63, 3.8) is 0 Å². The molecule has 1 aromatic heterocycles. The third-order valence-electron chi connectivity index (χ3n) is 6.40. The molecular weight excluding hydrogens is 485 g/mol. The van der Waals surface area contributed by atoms with Gasteiger partial charge >= 0.3 is 0 Å². The highest BCUT2D eigenvalue weighted by Gasteiger charge is 2.35. The van der Waals surface area contributed by atoms with E-state index in [4.69, 9.17) is 21.4 Å². The summed E-state index contributed by atoms with van der Waals surface area (Å²) in [7, 11) is 0. The predicted octanol–water partition coefficient (Wildman–Crippen LogP) is 3.72. The van der Waals surface area contributed by atoms with Crippen LogP contribution in [0.1, 0.15) is 35.9 Å². The summed E-state index contributed by atoms with van der Waals surface area (Å²) in [6, 6.07) is 15.3. The zero-order chi connectivity index (χ0) is 25.7. The summed E-state index contributed by atoms with van der Waals surface area (Å²) in [6.07, 6.45) is 0.845.